The van der Waals surface area contributed by atoms with Crippen molar-refractivity contribution in [3.63, 3.8) is 0 Å². The molecule has 1 aliphatic rings. The molecule has 3 nitrogen and oxygen atoms in total. The second-order valence-electron chi connectivity index (χ2n) is 6.00. The van der Waals surface area contributed by atoms with Crippen LogP contribution in [0.3, 0.4) is 0 Å². The second-order valence-corrected chi connectivity index (χ2v) is 6.00. The van der Waals surface area contributed by atoms with Crippen LogP contribution in [0.1, 0.15) is 36.0 Å². The van der Waals surface area contributed by atoms with Crippen LogP contribution in [-0.4, -0.2) is 30.7 Å². The van der Waals surface area contributed by atoms with Gasteiger partial charge in [0, 0.05) is 18.6 Å². The molecule has 1 heterocycles. The third-order valence-corrected chi connectivity index (χ3v) is 4.49. The van der Waals surface area contributed by atoms with Crippen LogP contribution in [0.2, 0.25) is 0 Å². The summed E-state index contributed by atoms with van der Waals surface area (Å²) in [5.41, 5.74) is 3.45. The number of hydrogen-bond acceptors (Lipinski definition) is 2. The van der Waals surface area contributed by atoms with Crippen molar-refractivity contribution in [3.05, 3.63) is 34.9 Å². The average Bonchev–Trinajstić information content (AvgIpc) is 2.43. The van der Waals surface area contributed by atoms with Gasteiger partial charge in [-0.05, 0) is 49.8 Å². The molecule has 1 amide bonds. The molecule has 22 heavy (non-hydrogen) atoms. The fourth-order valence-electron chi connectivity index (χ4n) is 2.95. The second kappa shape index (κ2) is 6.28. The summed E-state index contributed by atoms with van der Waals surface area (Å²) in [5.74, 6) is -1.78. The van der Waals surface area contributed by atoms with E-state index in [2.05, 4.69) is 10.6 Å². The third-order valence-electron chi connectivity index (χ3n) is 4.49. The molecule has 0 radical (unpaired) electrons. The number of rotatable bonds is 2. The highest BCUT2D eigenvalue weighted by molar-refractivity contribution is 5.82. The zero-order chi connectivity index (χ0) is 16.5. The van der Waals surface area contributed by atoms with E-state index in [-0.39, 0.29) is 12.0 Å². The summed E-state index contributed by atoms with van der Waals surface area (Å²) in [7, 11) is 0. The SMILES string of the molecule is Cc1cccc(C2CNC(C)C(NC(=O)C(F)(F)F)C2)c1C. The van der Waals surface area contributed by atoms with Crippen LogP contribution in [0.4, 0.5) is 13.2 Å². The lowest BCUT2D eigenvalue weighted by Gasteiger charge is -2.36. The number of halogens is 3. The van der Waals surface area contributed by atoms with E-state index in [1.165, 1.54) is 0 Å². The van der Waals surface area contributed by atoms with Gasteiger partial charge in [-0.1, -0.05) is 18.2 Å². The summed E-state index contributed by atoms with van der Waals surface area (Å²) >= 11 is 0. The highest BCUT2D eigenvalue weighted by Gasteiger charge is 2.41. The molecule has 0 spiro atoms. The molecule has 0 aromatic heterocycles. The van der Waals surface area contributed by atoms with Crippen molar-refractivity contribution < 1.29 is 18.0 Å². The number of amides is 1. The minimum absolute atomic E-state index is 0.0923. The first-order valence-electron chi connectivity index (χ1n) is 7.37. The largest absolute Gasteiger partial charge is 0.471 e. The molecule has 1 fully saturated rings. The van der Waals surface area contributed by atoms with E-state index in [4.69, 9.17) is 0 Å². The van der Waals surface area contributed by atoms with Crippen molar-refractivity contribution in [2.45, 2.75) is 51.4 Å². The maximum atomic E-state index is 12.4. The number of piperidine rings is 1. The van der Waals surface area contributed by atoms with Gasteiger partial charge >= 0.3 is 12.1 Å². The fraction of sp³-hybridized carbons (Fsp3) is 0.562. The maximum Gasteiger partial charge on any atom is 0.471 e. The topological polar surface area (TPSA) is 41.1 Å². The molecule has 0 aliphatic carbocycles. The van der Waals surface area contributed by atoms with Crippen molar-refractivity contribution in [1.82, 2.24) is 10.6 Å². The van der Waals surface area contributed by atoms with Crippen LogP contribution in [-0.2, 0) is 4.79 Å². The first kappa shape index (κ1) is 16.8. The first-order valence-corrected chi connectivity index (χ1v) is 7.37. The van der Waals surface area contributed by atoms with E-state index in [1.807, 2.05) is 32.0 Å². The van der Waals surface area contributed by atoms with Gasteiger partial charge in [-0.25, -0.2) is 0 Å². The Morgan fingerprint density at radius 1 is 1.32 bits per heavy atom. The molecule has 1 aromatic rings. The lowest BCUT2D eigenvalue weighted by molar-refractivity contribution is -0.174. The Balaban J connectivity index is 2.14. The van der Waals surface area contributed by atoms with E-state index < -0.39 is 18.1 Å². The minimum Gasteiger partial charge on any atom is -0.344 e. The van der Waals surface area contributed by atoms with Gasteiger partial charge in [0.15, 0.2) is 0 Å². The monoisotopic (exact) mass is 314 g/mol. The van der Waals surface area contributed by atoms with Crippen LogP contribution in [0.15, 0.2) is 18.2 Å². The van der Waals surface area contributed by atoms with Gasteiger partial charge in [-0.2, -0.15) is 13.2 Å². The lowest BCUT2D eigenvalue weighted by Crippen LogP contribution is -2.56. The quantitative estimate of drug-likeness (QED) is 0.881. The van der Waals surface area contributed by atoms with Crippen molar-refractivity contribution in [2.24, 2.45) is 0 Å². The zero-order valence-corrected chi connectivity index (χ0v) is 12.9. The molecule has 1 aliphatic heterocycles. The predicted octanol–water partition coefficient (Wildman–Crippen LogP) is 2.82. The standard InChI is InChI=1S/C16H21F3N2O/c1-9-5-4-6-13(10(9)2)12-7-14(11(3)20-8-12)21-15(22)16(17,18)19/h4-6,11-12,14,20H,7-8H2,1-3H3,(H,21,22). The van der Waals surface area contributed by atoms with Crippen molar-refractivity contribution in [2.75, 3.05) is 6.54 Å². The van der Waals surface area contributed by atoms with E-state index >= 15 is 0 Å². The summed E-state index contributed by atoms with van der Waals surface area (Å²) in [6.45, 7) is 6.52. The van der Waals surface area contributed by atoms with Crippen molar-refractivity contribution in [1.29, 1.82) is 0 Å². The maximum absolute atomic E-state index is 12.4. The van der Waals surface area contributed by atoms with Gasteiger partial charge < -0.3 is 10.6 Å². The third kappa shape index (κ3) is 3.61. The van der Waals surface area contributed by atoms with Crippen LogP contribution in [0, 0.1) is 13.8 Å². The molecular weight excluding hydrogens is 293 g/mol. The van der Waals surface area contributed by atoms with Crippen LogP contribution in [0.5, 0.6) is 0 Å². The summed E-state index contributed by atoms with van der Waals surface area (Å²) < 4.78 is 37.3. The summed E-state index contributed by atoms with van der Waals surface area (Å²) in [4.78, 5) is 11.2. The van der Waals surface area contributed by atoms with Crippen LogP contribution in [0.25, 0.3) is 0 Å². The van der Waals surface area contributed by atoms with Gasteiger partial charge in [0.2, 0.25) is 0 Å². The number of carbonyl (C=O) groups is 1. The molecule has 1 saturated heterocycles. The smallest absolute Gasteiger partial charge is 0.344 e. The van der Waals surface area contributed by atoms with Gasteiger partial charge in [-0.15, -0.1) is 0 Å². The Bertz CT molecular complexity index is 557. The molecule has 2 N–H and O–H groups in total. The minimum atomic E-state index is -4.84. The molecule has 3 unspecified atom stereocenters. The first-order chi connectivity index (χ1) is 10.2. The molecule has 2 rings (SSSR count). The molecule has 122 valence electrons. The molecule has 3 atom stereocenters. The summed E-state index contributed by atoms with van der Waals surface area (Å²) in [6.07, 6.45) is -4.34. The van der Waals surface area contributed by atoms with Crippen molar-refractivity contribution in [3.8, 4) is 0 Å². The Kier molecular flexibility index (Phi) is 4.80. The molecule has 0 saturated carbocycles. The molecule has 0 bridgehead atoms. The number of nitrogens with one attached hydrogen (secondary N) is 2. The Morgan fingerprint density at radius 2 is 2.00 bits per heavy atom. The van der Waals surface area contributed by atoms with Gasteiger partial charge in [0.05, 0.1) is 0 Å². The fourth-order valence-corrected chi connectivity index (χ4v) is 2.95. The average molecular weight is 314 g/mol. The van der Waals surface area contributed by atoms with Crippen LogP contribution < -0.4 is 10.6 Å². The van der Waals surface area contributed by atoms with E-state index in [9.17, 15) is 18.0 Å². The molecule has 1 aromatic carbocycles. The van der Waals surface area contributed by atoms with Gasteiger partial charge in [0.25, 0.3) is 0 Å². The number of benzene rings is 1. The van der Waals surface area contributed by atoms with E-state index in [0.29, 0.717) is 13.0 Å². The van der Waals surface area contributed by atoms with E-state index in [1.54, 1.807) is 6.92 Å². The summed E-state index contributed by atoms with van der Waals surface area (Å²) in [5, 5.41) is 5.32. The Morgan fingerprint density at radius 3 is 2.64 bits per heavy atom. The highest BCUT2D eigenvalue weighted by atomic mass is 19.4. The number of hydrogen-bond donors (Lipinski definition) is 2. The summed E-state index contributed by atoms with van der Waals surface area (Å²) in [6, 6.07) is 5.26. The van der Waals surface area contributed by atoms with E-state index in [0.717, 1.165) is 16.7 Å². The number of aryl methyl sites for hydroxylation is 1. The zero-order valence-electron chi connectivity index (χ0n) is 12.9. The molecule has 6 heteroatoms. The van der Waals surface area contributed by atoms with Gasteiger partial charge in [0.1, 0.15) is 0 Å². The Hall–Kier alpha value is -1.56. The number of alkyl halides is 3. The predicted molar refractivity (Wildman–Crippen MR) is 78.7 cm³/mol. The highest BCUT2D eigenvalue weighted by Crippen LogP contribution is 2.29. The molecular formula is C16H21F3N2O. The van der Waals surface area contributed by atoms with Gasteiger partial charge in [-0.3, -0.25) is 4.79 Å². The normalized spacial score (nSPS) is 25.8. The number of carbonyl (C=O) groups excluding carboxylic acids is 1. The van der Waals surface area contributed by atoms with Crippen LogP contribution >= 0.6 is 0 Å². The lowest BCUT2D eigenvalue weighted by atomic mass is 9.83. The van der Waals surface area contributed by atoms with Crippen molar-refractivity contribution >= 4 is 5.91 Å². The Labute approximate surface area is 128 Å².